The molecular weight excluding hydrogens is 450 g/mol. The van der Waals surface area contributed by atoms with Crippen LogP contribution < -0.4 is 4.74 Å². The standard InChI is InChI=1S/C31H23NO4/c32-19-24-17-16-23(20-10-4-1-5-11-20)18-25(24)36-31(35)29-26(21-12-6-2-7-13-21)28(30(33)34)27(29)22-14-8-3-9-15-22/h1-18,26-29H,(H,33,34)/t26-,27?,28-,29-/m1/s1. The molecule has 0 saturated heterocycles. The smallest absolute Gasteiger partial charge is 0.315 e. The Hall–Kier alpha value is -4.69. The first-order valence-electron chi connectivity index (χ1n) is 11.7. The van der Waals surface area contributed by atoms with Crippen molar-refractivity contribution in [3.8, 4) is 22.9 Å². The molecule has 0 aliphatic heterocycles. The van der Waals surface area contributed by atoms with Crippen molar-refractivity contribution in [1.82, 2.24) is 0 Å². The average molecular weight is 474 g/mol. The maximum Gasteiger partial charge on any atom is 0.315 e. The highest BCUT2D eigenvalue weighted by Crippen LogP contribution is 2.58. The summed E-state index contributed by atoms with van der Waals surface area (Å²) in [5.41, 5.74) is 3.53. The molecule has 4 aromatic carbocycles. The first-order valence-corrected chi connectivity index (χ1v) is 11.7. The quantitative estimate of drug-likeness (QED) is 0.273. The van der Waals surface area contributed by atoms with Crippen molar-refractivity contribution in [2.24, 2.45) is 11.8 Å². The molecule has 0 aromatic heterocycles. The van der Waals surface area contributed by atoms with Crippen molar-refractivity contribution in [3.63, 3.8) is 0 Å². The maximum atomic E-state index is 13.7. The first kappa shape index (κ1) is 23.1. The fourth-order valence-electron chi connectivity index (χ4n) is 5.21. The maximum absolute atomic E-state index is 13.7. The molecule has 0 bridgehead atoms. The van der Waals surface area contributed by atoms with Crippen LogP contribution in [0.4, 0.5) is 0 Å². The lowest BCUT2D eigenvalue weighted by molar-refractivity contribution is -0.158. The molecule has 0 spiro atoms. The van der Waals surface area contributed by atoms with Gasteiger partial charge < -0.3 is 9.84 Å². The minimum atomic E-state index is -0.953. The van der Waals surface area contributed by atoms with Gasteiger partial charge in [0.05, 0.1) is 17.4 Å². The minimum Gasteiger partial charge on any atom is -0.481 e. The Morgan fingerprint density at radius 2 is 1.22 bits per heavy atom. The average Bonchev–Trinajstić information content (AvgIpc) is 2.89. The van der Waals surface area contributed by atoms with Crippen LogP contribution in [-0.2, 0) is 9.59 Å². The zero-order valence-corrected chi connectivity index (χ0v) is 19.3. The van der Waals surface area contributed by atoms with Crippen molar-refractivity contribution in [2.45, 2.75) is 11.8 Å². The Bertz CT molecular complexity index is 1380. The van der Waals surface area contributed by atoms with E-state index in [2.05, 4.69) is 6.07 Å². The van der Waals surface area contributed by atoms with Crippen LogP contribution in [0.2, 0.25) is 0 Å². The van der Waals surface area contributed by atoms with Crippen molar-refractivity contribution < 1.29 is 19.4 Å². The van der Waals surface area contributed by atoms with Crippen molar-refractivity contribution in [1.29, 1.82) is 5.26 Å². The lowest BCUT2D eigenvalue weighted by atomic mass is 9.52. The van der Waals surface area contributed by atoms with Crippen LogP contribution in [-0.4, -0.2) is 17.0 Å². The molecule has 1 aliphatic carbocycles. The lowest BCUT2D eigenvalue weighted by Gasteiger charge is -2.49. The van der Waals surface area contributed by atoms with E-state index < -0.39 is 35.6 Å². The first-order chi connectivity index (χ1) is 17.6. The Morgan fingerprint density at radius 3 is 1.72 bits per heavy atom. The Labute approximate surface area is 209 Å². The van der Waals surface area contributed by atoms with E-state index in [1.165, 1.54) is 0 Å². The van der Waals surface area contributed by atoms with E-state index in [1.54, 1.807) is 12.1 Å². The van der Waals surface area contributed by atoms with Gasteiger partial charge in [0.2, 0.25) is 0 Å². The number of esters is 1. The second-order valence-corrected chi connectivity index (χ2v) is 8.87. The van der Waals surface area contributed by atoms with E-state index in [4.69, 9.17) is 4.74 Å². The molecule has 1 saturated carbocycles. The van der Waals surface area contributed by atoms with Gasteiger partial charge in [0.15, 0.2) is 0 Å². The number of carboxylic acids is 1. The highest BCUT2D eigenvalue weighted by Gasteiger charge is 2.59. The third-order valence-corrected chi connectivity index (χ3v) is 6.89. The van der Waals surface area contributed by atoms with Crippen molar-refractivity contribution >= 4 is 11.9 Å². The van der Waals surface area contributed by atoms with Crippen LogP contribution in [0.3, 0.4) is 0 Å². The summed E-state index contributed by atoms with van der Waals surface area (Å²) in [6.45, 7) is 0. The van der Waals surface area contributed by atoms with E-state index in [0.717, 1.165) is 22.3 Å². The van der Waals surface area contributed by atoms with E-state index in [9.17, 15) is 20.0 Å². The van der Waals surface area contributed by atoms with E-state index >= 15 is 0 Å². The van der Waals surface area contributed by atoms with Gasteiger partial charge in [-0.3, -0.25) is 9.59 Å². The van der Waals surface area contributed by atoms with Crippen LogP contribution in [0.15, 0.2) is 109 Å². The van der Waals surface area contributed by atoms with Gasteiger partial charge in [-0.15, -0.1) is 0 Å². The molecule has 176 valence electrons. The summed E-state index contributed by atoms with van der Waals surface area (Å²) in [5.74, 6) is -3.93. The zero-order valence-electron chi connectivity index (χ0n) is 19.3. The van der Waals surface area contributed by atoms with Crippen LogP contribution in [0.1, 0.15) is 28.5 Å². The predicted molar refractivity (Wildman–Crippen MR) is 135 cm³/mol. The van der Waals surface area contributed by atoms with Crippen LogP contribution >= 0.6 is 0 Å². The molecular formula is C31H23NO4. The molecule has 4 aromatic rings. The molecule has 1 aliphatic rings. The van der Waals surface area contributed by atoms with Gasteiger partial charge >= 0.3 is 11.9 Å². The molecule has 0 amide bonds. The number of ether oxygens (including phenoxy) is 1. The highest BCUT2D eigenvalue weighted by molar-refractivity contribution is 5.86. The third-order valence-electron chi connectivity index (χ3n) is 6.89. The highest BCUT2D eigenvalue weighted by atomic mass is 16.5. The van der Waals surface area contributed by atoms with E-state index in [0.29, 0.717) is 0 Å². The number of carbonyl (C=O) groups excluding carboxylic acids is 1. The molecule has 1 fully saturated rings. The number of benzene rings is 4. The Morgan fingerprint density at radius 1 is 0.694 bits per heavy atom. The number of rotatable bonds is 6. The van der Waals surface area contributed by atoms with Gasteiger partial charge in [0.1, 0.15) is 11.8 Å². The Kier molecular flexibility index (Phi) is 6.34. The SMILES string of the molecule is N#Cc1ccc(-c2ccccc2)cc1OC(=O)[C@H]1C(c2ccccc2)[C@H](C(=O)O)[C@H]1c1ccccc1. The largest absolute Gasteiger partial charge is 0.481 e. The number of hydrogen-bond acceptors (Lipinski definition) is 4. The predicted octanol–water partition coefficient (Wildman–Crippen LogP) is 6.03. The Balaban J connectivity index is 1.54. The summed E-state index contributed by atoms with van der Waals surface area (Å²) in [4.78, 5) is 26.1. The van der Waals surface area contributed by atoms with Gasteiger partial charge in [0.25, 0.3) is 0 Å². The van der Waals surface area contributed by atoms with Crippen molar-refractivity contribution in [2.75, 3.05) is 0 Å². The monoisotopic (exact) mass is 473 g/mol. The molecule has 4 atom stereocenters. The van der Waals surface area contributed by atoms with Gasteiger partial charge in [-0.2, -0.15) is 5.26 Å². The zero-order chi connectivity index (χ0) is 25.1. The van der Waals surface area contributed by atoms with Gasteiger partial charge in [-0.1, -0.05) is 97.1 Å². The van der Waals surface area contributed by atoms with Crippen LogP contribution in [0.25, 0.3) is 11.1 Å². The lowest BCUT2D eigenvalue weighted by Crippen LogP contribution is -2.52. The molecule has 0 radical (unpaired) electrons. The number of nitrogens with zero attached hydrogens (tertiary/aromatic N) is 1. The van der Waals surface area contributed by atoms with Gasteiger partial charge in [-0.05, 0) is 34.4 Å². The summed E-state index contributed by atoms with van der Waals surface area (Å²) in [6.07, 6.45) is 0. The molecule has 0 heterocycles. The van der Waals surface area contributed by atoms with Crippen LogP contribution in [0.5, 0.6) is 5.75 Å². The summed E-state index contributed by atoms with van der Waals surface area (Å²) in [6, 6.07) is 35.3. The van der Waals surface area contributed by atoms with E-state index in [1.807, 2.05) is 97.1 Å². The summed E-state index contributed by atoms with van der Waals surface area (Å²) >= 11 is 0. The van der Waals surface area contributed by atoms with Crippen LogP contribution in [0, 0.1) is 23.2 Å². The fraction of sp³-hybridized carbons (Fsp3) is 0.129. The molecule has 5 heteroatoms. The van der Waals surface area contributed by atoms with E-state index in [-0.39, 0.29) is 11.3 Å². The molecule has 5 nitrogen and oxygen atoms in total. The second-order valence-electron chi connectivity index (χ2n) is 8.87. The number of nitriles is 1. The molecule has 1 unspecified atom stereocenters. The topological polar surface area (TPSA) is 87.4 Å². The summed E-state index contributed by atoms with van der Waals surface area (Å²) in [5, 5.41) is 19.8. The number of carboxylic acid groups (broad SMARTS) is 1. The molecule has 5 rings (SSSR count). The van der Waals surface area contributed by atoms with Gasteiger partial charge in [-0.25, -0.2) is 0 Å². The molecule has 1 N–H and O–H groups in total. The second kappa shape index (κ2) is 9.89. The van der Waals surface area contributed by atoms with Crippen molar-refractivity contribution in [3.05, 3.63) is 126 Å². The molecule has 36 heavy (non-hydrogen) atoms. The normalized spacial score (nSPS) is 20.5. The number of hydrogen-bond donors (Lipinski definition) is 1. The number of aliphatic carboxylic acids is 1. The minimum absolute atomic E-state index is 0.168. The third kappa shape index (κ3) is 4.25. The van der Waals surface area contributed by atoms with Gasteiger partial charge in [0, 0.05) is 11.8 Å². The number of carbonyl (C=O) groups is 2. The summed E-state index contributed by atoms with van der Waals surface area (Å²) in [7, 11) is 0. The fourth-order valence-corrected chi connectivity index (χ4v) is 5.21. The summed E-state index contributed by atoms with van der Waals surface area (Å²) < 4.78 is 5.88.